The van der Waals surface area contributed by atoms with Gasteiger partial charge in [0, 0.05) is 33.7 Å². The molecule has 2 aromatic rings. The normalized spacial score (nSPS) is 13.2. The first-order valence-corrected chi connectivity index (χ1v) is 8.82. The molecule has 0 saturated carbocycles. The minimum absolute atomic E-state index is 0.951. The molecule has 1 aliphatic heterocycles. The lowest BCUT2D eigenvalue weighted by molar-refractivity contribution is 1.15. The fourth-order valence-corrected chi connectivity index (χ4v) is 4.41. The Labute approximate surface area is 125 Å². The van der Waals surface area contributed by atoms with Gasteiger partial charge in [0.05, 0.1) is 4.21 Å². The zero-order chi connectivity index (χ0) is 14.3. The molecule has 0 unspecified atom stereocenters. The van der Waals surface area contributed by atoms with E-state index < -0.39 is 0 Å². The Hall–Kier alpha value is -0.800. The van der Waals surface area contributed by atoms with Crippen LogP contribution in [-0.4, -0.2) is 18.0 Å². The zero-order valence-electron chi connectivity index (χ0n) is 12.5. The number of benzene rings is 1. The monoisotopic (exact) mass is 293 g/mol. The Bertz CT molecular complexity index is 541. The van der Waals surface area contributed by atoms with Crippen molar-refractivity contribution >= 4 is 38.9 Å². The van der Waals surface area contributed by atoms with E-state index in [1.165, 1.54) is 25.6 Å². The minimum atomic E-state index is 0.951. The van der Waals surface area contributed by atoms with Crippen LogP contribution in [-0.2, 0) is 0 Å². The van der Waals surface area contributed by atoms with Crippen molar-refractivity contribution in [3.63, 3.8) is 0 Å². The highest BCUT2D eigenvalue weighted by Gasteiger charge is 2.16. The molecule has 1 nitrogen and oxygen atoms in total. The first kappa shape index (κ1) is 16.3. The molecule has 0 atom stereocenters. The maximum absolute atomic E-state index is 4.59. The van der Waals surface area contributed by atoms with Crippen molar-refractivity contribution in [1.82, 2.24) is 0 Å². The molecular weight excluding hydrogens is 270 g/mol. The summed E-state index contributed by atoms with van der Waals surface area (Å²) in [5.74, 6) is 1.11. The van der Waals surface area contributed by atoms with Crippen LogP contribution in [0.1, 0.15) is 40.2 Å². The lowest BCUT2D eigenvalue weighted by Gasteiger charge is -1.98. The number of nitrogens with zero attached hydrogens (tertiary/aromatic N) is 1. The number of hydrogen-bond donors (Lipinski definition) is 0. The summed E-state index contributed by atoms with van der Waals surface area (Å²) in [6, 6.07) is 8.62. The van der Waals surface area contributed by atoms with Crippen molar-refractivity contribution < 1.29 is 0 Å². The van der Waals surface area contributed by atoms with Crippen molar-refractivity contribution in [2.24, 2.45) is 4.99 Å². The highest BCUT2D eigenvalue weighted by atomic mass is 32.2. The van der Waals surface area contributed by atoms with Gasteiger partial charge in [-0.15, -0.1) is 23.1 Å². The Morgan fingerprint density at radius 2 is 1.74 bits per heavy atom. The second-order valence-electron chi connectivity index (χ2n) is 3.58. The number of thiophene rings is 1. The maximum Gasteiger partial charge on any atom is 0.0702 e. The summed E-state index contributed by atoms with van der Waals surface area (Å²) in [6.45, 7) is 11.1. The minimum Gasteiger partial charge on any atom is -0.288 e. The van der Waals surface area contributed by atoms with Gasteiger partial charge in [-0.25, -0.2) is 0 Å². The summed E-state index contributed by atoms with van der Waals surface area (Å²) in [7, 11) is 0. The molecule has 19 heavy (non-hydrogen) atoms. The molecule has 0 fully saturated rings. The van der Waals surface area contributed by atoms with Crippen molar-refractivity contribution in [2.45, 2.75) is 38.8 Å². The van der Waals surface area contributed by atoms with Gasteiger partial charge >= 0.3 is 0 Å². The van der Waals surface area contributed by atoms with E-state index in [2.05, 4.69) is 36.2 Å². The van der Waals surface area contributed by atoms with Crippen molar-refractivity contribution in [3.05, 3.63) is 29.8 Å². The zero-order valence-corrected chi connectivity index (χ0v) is 14.1. The Morgan fingerprint density at radius 1 is 1.05 bits per heavy atom. The van der Waals surface area contributed by atoms with Crippen LogP contribution in [0.3, 0.4) is 0 Å². The lowest BCUT2D eigenvalue weighted by atomic mass is 10.1. The van der Waals surface area contributed by atoms with E-state index in [4.69, 9.17) is 0 Å². The van der Waals surface area contributed by atoms with E-state index in [0.29, 0.717) is 0 Å². The number of aliphatic imine (C=N–C) groups is 1. The predicted octanol–water partition coefficient (Wildman–Crippen LogP) is 5.87. The molecule has 0 saturated heterocycles. The third-order valence-electron chi connectivity index (χ3n) is 2.60. The van der Waals surface area contributed by atoms with Gasteiger partial charge in [-0.1, -0.05) is 45.9 Å². The van der Waals surface area contributed by atoms with Crippen LogP contribution in [0.25, 0.3) is 10.1 Å². The molecule has 0 N–H and O–H groups in total. The van der Waals surface area contributed by atoms with Gasteiger partial charge in [0.15, 0.2) is 0 Å². The van der Waals surface area contributed by atoms with E-state index in [9.17, 15) is 0 Å². The van der Waals surface area contributed by atoms with Crippen molar-refractivity contribution in [3.8, 4) is 0 Å². The number of rotatable bonds is 0. The molecule has 1 aromatic carbocycles. The number of thioether (sulfide) groups is 1. The molecule has 0 radical (unpaired) electrons. The number of fused-ring (bicyclic) bond motifs is 3. The molecule has 0 spiro atoms. The SMILES string of the molecule is CC.CC.CC1=NCCSc2sc3ccccc3c21. The van der Waals surface area contributed by atoms with Crippen LogP contribution in [0.15, 0.2) is 33.5 Å². The predicted molar refractivity (Wildman–Crippen MR) is 92.3 cm³/mol. The summed E-state index contributed by atoms with van der Waals surface area (Å²) in [4.78, 5) is 4.59. The van der Waals surface area contributed by atoms with E-state index in [0.717, 1.165) is 12.3 Å². The van der Waals surface area contributed by atoms with E-state index >= 15 is 0 Å². The summed E-state index contributed by atoms with van der Waals surface area (Å²) in [6.07, 6.45) is 0. The summed E-state index contributed by atoms with van der Waals surface area (Å²) in [5, 5.41) is 1.37. The molecule has 1 aromatic heterocycles. The molecule has 0 aliphatic carbocycles. The topological polar surface area (TPSA) is 12.4 Å². The van der Waals surface area contributed by atoms with Gasteiger partial charge in [0.2, 0.25) is 0 Å². The molecule has 2 heterocycles. The number of hydrogen-bond acceptors (Lipinski definition) is 3. The average molecular weight is 294 g/mol. The quantitative estimate of drug-likeness (QED) is 0.592. The van der Waals surface area contributed by atoms with Gasteiger partial charge in [0.25, 0.3) is 0 Å². The highest BCUT2D eigenvalue weighted by molar-refractivity contribution is 8.01. The summed E-state index contributed by atoms with van der Waals surface area (Å²) < 4.78 is 2.82. The molecule has 0 amide bonds. The van der Waals surface area contributed by atoms with Crippen molar-refractivity contribution in [2.75, 3.05) is 12.3 Å². The van der Waals surface area contributed by atoms with E-state index in [1.807, 2.05) is 50.8 Å². The smallest absolute Gasteiger partial charge is 0.0702 e. The summed E-state index contributed by atoms with van der Waals surface area (Å²) >= 11 is 3.84. The second kappa shape index (κ2) is 8.39. The molecular formula is C16H23NS2. The lowest BCUT2D eigenvalue weighted by Crippen LogP contribution is -1.93. The molecule has 3 rings (SSSR count). The molecule has 0 bridgehead atoms. The van der Waals surface area contributed by atoms with E-state index in [1.54, 1.807) is 0 Å². The maximum atomic E-state index is 4.59. The first-order valence-electron chi connectivity index (χ1n) is 7.02. The van der Waals surface area contributed by atoms with Gasteiger partial charge in [0.1, 0.15) is 0 Å². The Morgan fingerprint density at radius 3 is 2.47 bits per heavy atom. The van der Waals surface area contributed by atoms with E-state index in [-0.39, 0.29) is 0 Å². The standard InChI is InChI=1S/C12H11NS2.2C2H6/c1-8-11-9-4-2-3-5-10(9)15-12(11)14-7-6-13-8;2*1-2/h2-5H,6-7H2,1H3;2*1-2H3. The van der Waals surface area contributed by atoms with Crippen LogP contribution in [0.2, 0.25) is 0 Å². The second-order valence-corrected chi connectivity index (χ2v) is 5.99. The average Bonchev–Trinajstić information content (AvgIpc) is 2.76. The Kier molecular flexibility index (Phi) is 7.17. The van der Waals surface area contributed by atoms with Crippen LogP contribution in [0, 0.1) is 0 Å². The third-order valence-corrected chi connectivity index (χ3v) is 5.02. The van der Waals surface area contributed by atoms with Gasteiger partial charge < -0.3 is 0 Å². The van der Waals surface area contributed by atoms with Gasteiger partial charge in [-0.05, 0) is 13.0 Å². The fraction of sp³-hybridized carbons (Fsp3) is 0.438. The third kappa shape index (κ3) is 3.61. The van der Waals surface area contributed by atoms with Crippen LogP contribution >= 0.6 is 23.1 Å². The largest absolute Gasteiger partial charge is 0.288 e. The molecule has 3 heteroatoms. The first-order chi connectivity index (χ1) is 9.36. The van der Waals surface area contributed by atoms with Gasteiger partial charge in [-0.3, -0.25) is 4.99 Å². The molecule has 1 aliphatic rings. The fourth-order valence-electron chi connectivity index (χ4n) is 1.90. The Balaban J connectivity index is 0.000000415. The van der Waals surface area contributed by atoms with Crippen molar-refractivity contribution in [1.29, 1.82) is 0 Å². The summed E-state index contributed by atoms with van der Waals surface area (Å²) in [5.41, 5.74) is 2.57. The molecule has 104 valence electrons. The van der Waals surface area contributed by atoms with Crippen LogP contribution in [0.5, 0.6) is 0 Å². The van der Waals surface area contributed by atoms with Crippen LogP contribution < -0.4 is 0 Å². The highest BCUT2D eigenvalue weighted by Crippen LogP contribution is 2.39. The van der Waals surface area contributed by atoms with Crippen LogP contribution in [0.4, 0.5) is 0 Å². The van der Waals surface area contributed by atoms with Gasteiger partial charge in [-0.2, -0.15) is 0 Å².